The van der Waals surface area contributed by atoms with Gasteiger partial charge in [-0.15, -0.1) is 0 Å². The standard InChI is InChI=1S/C14H20BrFN2O3S/c15-11-2-3-13(16)14(10-11)22(19,20)18-7-4-12(5-8-18)21-9-1-6-17/h2-3,10,12H,1,4-9,17H2. The number of hydrogen-bond acceptors (Lipinski definition) is 4. The maximum absolute atomic E-state index is 13.8. The molecule has 1 aliphatic rings. The van der Waals surface area contributed by atoms with Crippen molar-refractivity contribution in [3.8, 4) is 0 Å². The molecule has 0 atom stereocenters. The largest absolute Gasteiger partial charge is 0.378 e. The summed E-state index contributed by atoms with van der Waals surface area (Å²) in [7, 11) is -3.81. The molecule has 8 heteroatoms. The van der Waals surface area contributed by atoms with Gasteiger partial charge in [-0.1, -0.05) is 15.9 Å². The van der Waals surface area contributed by atoms with Crippen LogP contribution in [0.3, 0.4) is 0 Å². The predicted octanol–water partition coefficient (Wildman–Crippen LogP) is 2.11. The van der Waals surface area contributed by atoms with Gasteiger partial charge in [0.15, 0.2) is 0 Å². The molecule has 2 rings (SSSR count). The van der Waals surface area contributed by atoms with Crippen LogP contribution in [0.5, 0.6) is 0 Å². The van der Waals surface area contributed by atoms with Crippen molar-refractivity contribution < 1.29 is 17.5 Å². The van der Waals surface area contributed by atoms with Crippen molar-refractivity contribution in [2.45, 2.75) is 30.3 Å². The molecule has 1 saturated heterocycles. The van der Waals surface area contributed by atoms with Crippen LogP contribution < -0.4 is 5.73 Å². The first-order valence-corrected chi connectivity index (χ1v) is 9.45. The Labute approximate surface area is 138 Å². The van der Waals surface area contributed by atoms with Crippen LogP contribution in [-0.2, 0) is 14.8 Å². The van der Waals surface area contributed by atoms with Crippen LogP contribution >= 0.6 is 15.9 Å². The summed E-state index contributed by atoms with van der Waals surface area (Å²) in [5.41, 5.74) is 5.41. The SMILES string of the molecule is NCCCOC1CCN(S(=O)(=O)c2cc(Br)ccc2F)CC1. The van der Waals surface area contributed by atoms with E-state index in [9.17, 15) is 12.8 Å². The van der Waals surface area contributed by atoms with Gasteiger partial charge in [0, 0.05) is 24.2 Å². The van der Waals surface area contributed by atoms with Crippen LogP contribution in [0.4, 0.5) is 4.39 Å². The Bertz CT molecular complexity index is 604. The molecule has 0 bridgehead atoms. The molecule has 1 heterocycles. The van der Waals surface area contributed by atoms with Gasteiger partial charge >= 0.3 is 0 Å². The summed E-state index contributed by atoms with van der Waals surface area (Å²) in [6.07, 6.45) is 2.06. The number of nitrogens with two attached hydrogens (primary N) is 1. The van der Waals surface area contributed by atoms with Crippen molar-refractivity contribution in [3.63, 3.8) is 0 Å². The molecule has 1 aromatic rings. The minimum Gasteiger partial charge on any atom is -0.378 e. The Morgan fingerprint density at radius 1 is 1.36 bits per heavy atom. The summed E-state index contributed by atoms with van der Waals surface area (Å²) in [6, 6.07) is 3.93. The highest BCUT2D eigenvalue weighted by Crippen LogP contribution is 2.26. The molecule has 0 aliphatic carbocycles. The molecule has 1 fully saturated rings. The van der Waals surface area contributed by atoms with Crippen molar-refractivity contribution in [1.29, 1.82) is 0 Å². The van der Waals surface area contributed by atoms with Crippen molar-refractivity contribution in [2.75, 3.05) is 26.2 Å². The maximum Gasteiger partial charge on any atom is 0.246 e. The fourth-order valence-corrected chi connectivity index (χ4v) is 4.46. The lowest BCUT2D eigenvalue weighted by atomic mass is 10.1. The average molecular weight is 395 g/mol. The number of piperidine rings is 1. The molecule has 2 N–H and O–H groups in total. The topological polar surface area (TPSA) is 72.6 Å². The van der Waals surface area contributed by atoms with Gasteiger partial charge in [-0.3, -0.25) is 0 Å². The van der Waals surface area contributed by atoms with E-state index < -0.39 is 15.8 Å². The third-order valence-electron chi connectivity index (χ3n) is 3.61. The molecule has 0 spiro atoms. The molecule has 22 heavy (non-hydrogen) atoms. The van der Waals surface area contributed by atoms with Gasteiger partial charge in [0.1, 0.15) is 10.7 Å². The second-order valence-corrected chi connectivity index (χ2v) is 8.01. The number of sulfonamides is 1. The summed E-state index contributed by atoms with van der Waals surface area (Å²) < 4.78 is 46.4. The smallest absolute Gasteiger partial charge is 0.246 e. The number of hydrogen-bond donors (Lipinski definition) is 1. The second-order valence-electron chi connectivity index (χ2n) is 5.19. The van der Waals surface area contributed by atoms with Crippen LogP contribution in [-0.4, -0.2) is 45.1 Å². The molecule has 0 amide bonds. The molecule has 0 radical (unpaired) electrons. The van der Waals surface area contributed by atoms with E-state index in [4.69, 9.17) is 10.5 Å². The third-order valence-corrected chi connectivity index (χ3v) is 6.02. The lowest BCUT2D eigenvalue weighted by Gasteiger charge is -2.31. The van der Waals surface area contributed by atoms with E-state index in [0.717, 1.165) is 12.5 Å². The van der Waals surface area contributed by atoms with Gasteiger partial charge in [-0.05, 0) is 44.0 Å². The molecule has 5 nitrogen and oxygen atoms in total. The molecule has 124 valence electrons. The van der Waals surface area contributed by atoms with Gasteiger partial charge in [0.25, 0.3) is 0 Å². The lowest BCUT2D eigenvalue weighted by Crippen LogP contribution is -2.41. The normalized spacial score (nSPS) is 17.8. The van der Waals surface area contributed by atoms with Crippen LogP contribution in [0, 0.1) is 5.82 Å². The third kappa shape index (κ3) is 4.26. The van der Waals surface area contributed by atoms with Gasteiger partial charge in [-0.2, -0.15) is 4.31 Å². The molecular weight excluding hydrogens is 375 g/mol. The van der Waals surface area contributed by atoms with Crippen LogP contribution in [0.1, 0.15) is 19.3 Å². The highest BCUT2D eigenvalue weighted by atomic mass is 79.9. The zero-order valence-corrected chi connectivity index (χ0v) is 14.6. The quantitative estimate of drug-likeness (QED) is 0.749. The molecule has 0 saturated carbocycles. The van der Waals surface area contributed by atoms with Gasteiger partial charge in [0.2, 0.25) is 10.0 Å². The Morgan fingerprint density at radius 3 is 2.68 bits per heavy atom. The zero-order chi connectivity index (χ0) is 16.2. The van der Waals surface area contributed by atoms with Crippen molar-refractivity contribution >= 4 is 26.0 Å². The fourth-order valence-electron chi connectivity index (χ4n) is 2.39. The predicted molar refractivity (Wildman–Crippen MR) is 85.5 cm³/mol. The second kappa shape index (κ2) is 7.83. The maximum atomic E-state index is 13.8. The number of ether oxygens (including phenoxy) is 1. The Morgan fingerprint density at radius 2 is 2.05 bits per heavy atom. The Hall–Kier alpha value is -0.540. The van der Waals surface area contributed by atoms with Crippen molar-refractivity contribution in [2.24, 2.45) is 5.73 Å². The van der Waals surface area contributed by atoms with E-state index in [2.05, 4.69) is 15.9 Å². The van der Waals surface area contributed by atoms with Crippen LogP contribution in [0.25, 0.3) is 0 Å². The number of halogens is 2. The van der Waals surface area contributed by atoms with E-state index in [-0.39, 0.29) is 11.0 Å². The summed E-state index contributed by atoms with van der Waals surface area (Å²) in [6.45, 7) is 1.84. The van der Waals surface area contributed by atoms with Gasteiger partial charge < -0.3 is 10.5 Å². The molecular formula is C14H20BrFN2O3S. The summed E-state index contributed by atoms with van der Waals surface area (Å²) in [4.78, 5) is -0.288. The highest BCUT2D eigenvalue weighted by Gasteiger charge is 2.31. The van der Waals surface area contributed by atoms with E-state index in [1.54, 1.807) is 0 Å². The van der Waals surface area contributed by atoms with E-state index in [1.807, 2.05) is 0 Å². The van der Waals surface area contributed by atoms with Gasteiger partial charge in [-0.25, -0.2) is 12.8 Å². The molecule has 0 unspecified atom stereocenters. The summed E-state index contributed by atoms with van der Waals surface area (Å²) >= 11 is 3.18. The van der Waals surface area contributed by atoms with Crippen molar-refractivity contribution in [3.05, 3.63) is 28.5 Å². The average Bonchev–Trinajstić information content (AvgIpc) is 2.50. The minimum absolute atomic E-state index is 0.0466. The van der Waals surface area contributed by atoms with Crippen LogP contribution in [0.2, 0.25) is 0 Å². The first kappa shape index (κ1) is 17.8. The Balaban J connectivity index is 2.02. The molecule has 1 aliphatic heterocycles. The summed E-state index contributed by atoms with van der Waals surface area (Å²) in [5, 5.41) is 0. The first-order chi connectivity index (χ1) is 10.4. The van der Waals surface area contributed by atoms with E-state index in [0.29, 0.717) is 43.6 Å². The zero-order valence-electron chi connectivity index (χ0n) is 12.2. The number of benzene rings is 1. The Kier molecular flexibility index (Phi) is 6.34. The van der Waals surface area contributed by atoms with Crippen molar-refractivity contribution in [1.82, 2.24) is 4.31 Å². The molecule has 1 aromatic carbocycles. The minimum atomic E-state index is -3.81. The molecule has 0 aromatic heterocycles. The fraction of sp³-hybridized carbons (Fsp3) is 0.571. The van der Waals surface area contributed by atoms with E-state index in [1.165, 1.54) is 16.4 Å². The number of rotatable bonds is 6. The van der Waals surface area contributed by atoms with Crippen LogP contribution in [0.15, 0.2) is 27.6 Å². The number of nitrogens with zero attached hydrogens (tertiary/aromatic N) is 1. The lowest BCUT2D eigenvalue weighted by molar-refractivity contribution is 0.0208. The highest BCUT2D eigenvalue weighted by molar-refractivity contribution is 9.10. The van der Waals surface area contributed by atoms with E-state index >= 15 is 0 Å². The summed E-state index contributed by atoms with van der Waals surface area (Å²) in [5.74, 6) is -0.732. The monoisotopic (exact) mass is 394 g/mol. The first-order valence-electron chi connectivity index (χ1n) is 7.22. The van der Waals surface area contributed by atoms with Gasteiger partial charge in [0.05, 0.1) is 6.10 Å².